The highest BCUT2D eigenvalue weighted by atomic mass is 32.2. The fraction of sp³-hybridized carbons (Fsp3) is 0.143. The van der Waals surface area contributed by atoms with Crippen LogP contribution < -0.4 is 5.32 Å². The minimum Gasteiger partial charge on any atom is -0.302 e. The Labute approximate surface area is 126 Å². The standard InChI is InChI=1S/C14H13N5OS/c1-19-8-7-11(18-19)9-15-17-14-16-13(20)12(21-14)10-5-3-2-4-6-10/h2-9,12H,1H3,(H,16,17,20). The Morgan fingerprint density at radius 1 is 1.33 bits per heavy atom. The first-order valence-electron chi connectivity index (χ1n) is 6.35. The van der Waals surface area contributed by atoms with Crippen molar-refractivity contribution < 1.29 is 4.79 Å². The summed E-state index contributed by atoms with van der Waals surface area (Å²) in [6.45, 7) is 0. The molecule has 1 atom stereocenters. The molecule has 0 aliphatic carbocycles. The molecule has 7 heteroatoms. The van der Waals surface area contributed by atoms with Crippen LogP contribution in [-0.4, -0.2) is 27.1 Å². The molecule has 1 saturated heterocycles. The van der Waals surface area contributed by atoms with E-state index in [9.17, 15) is 4.79 Å². The first-order chi connectivity index (χ1) is 10.2. The van der Waals surface area contributed by atoms with Gasteiger partial charge in [-0.05, 0) is 11.6 Å². The number of nitrogens with one attached hydrogen (secondary N) is 1. The van der Waals surface area contributed by atoms with Gasteiger partial charge < -0.3 is 5.32 Å². The molecule has 1 fully saturated rings. The molecule has 1 aliphatic heterocycles. The molecule has 0 saturated carbocycles. The highest BCUT2D eigenvalue weighted by Gasteiger charge is 2.31. The van der Waals surface area contributed by atoms with Crippen LogP contribution in [0.3, 0.4) is 0 Å². The number of carbonyl (C=O) groups is 1. The molecule has 21 heavy (non-hydrogen) atoms. The fourth-order valence-corrected chi connectivity index (χ4v) is 2.84. The third-order valence-corrected chi connectivity index (χ3v) is 4.00. The van der Waals surface area contributed by atoms with Gasteiger partial charge in [0.25, 0.3) is 0 Å². The predicted molar refractivity (Wildman–Crippen MR) is 83.2 cm³/mol. The first kappa shape index (κ1) is 13.6. The van der Waals surface area contributed by atoms with Crippen molar-refractivity contribution in [2.75, 3.05) is 0 Å². The number of hydrogen-bond donors (Lipinski definition) is 1. The zero-order chi connectivity index (χ0) is 14.7. The summed E-state index contributed by atoms with van der Waals surface area (Å²) in [6.07, 6.45) is 3.38. The Kier molecular flexibility index (Phi) is 3.83. The van der Waals surface area contributed by atoms with Crippen molar-refractivity contribution in [2.24, 2.45) is 17.3 Å². The van der Waals surface area contributed by atoms with Gasteiger partial charge in [-0.3, -0.25) is 9.48 Å². The Bertz CT molecular complexity index is 707. The zero-order valence-corrected chi connectivity index (χ0v) is 12.1. The van der Waals surface area contributed by atoms with Gasteiger partial charge in [0.2, 0.25) is 5.91 Å². The summed E-state index contributed by atoms with van der Waals surface area (Å²) in [4.78, 5) is 11.9. The van der Waals surface area contributed by atoms with E-state index >= 15 is 0 Å². The van der Waals surface area contributed by atoms with Gasteiger partial charge in [-0.2, -0.15) is 10.2 Å². The minimum absolute atomic E-state index is 0.0713. The quantitative estimate of drug-likeness (QED) is 0.693. The van der Waals surface area contributed by atoms with Gasteiger partial charge in [0, 0.05) is 13.2 Å². The molecule has 3 rings (SSSR count). The van der Waals surface area contributed by atoms with E-state index in [2.05, 4.69) is 20.6 Å². The average molecular weight is 299 g/mol. The second kappa shape index (κ2) is 5.92. The lowest BCUT2D eigenvalue weighted by molar-refractivity contribution is -0.118. The normalized spacial score (nSPS) is 20.3. The molecule has 0 bridgehead atoms. The number of carbonyl (C=O) groups excluding carboxylic acids is 1. The highest BCUT2D eigenvalue weighted by Crippen LogP contribution is 2.33. The maximum atomic E-state index is 11.9. The van der Waals surface area contributed by atoms with Crippen LogP contribution in [0.5, 0.6) is 0 Å². The van der Waals surface area contributed by atoms with Crippen LogP contribution >= 0.6 is 11.8 Å². The van der Waals surface area contributed by atoms with Gasteiger partial charge in [-0.1, -0.05) is 42.1 Å². The van der Waals surface area contributed by atoms with E-state index < -0.39 is 0 Å². The van der Waals surface area contributed by atoms with Crippen molar-refractivity contribution in [3.8, 4) is 0 Å². The number of rotatable bonds is 3. The van der Waals surface area contributed by atoms with Gasteiger partial charge in [0.05, 0.1) is 6.21 Å². The van der Waals surface area contributed by atoms with Crippen molar-refractivity contribution >= 4 is 29.1 Å². The summed E-state index contributed by atoms with van der Waals surface area (Å²) in [7, 11) is 1.83. The van der Waals surface area contributed by atoms with E-state index in [0.717, 1.165) is 11.3 Å². The summed E-state index contributed by atoms with van der Waals surface area (Å²) in [5.41, 5.74) is 1.68. The van der Waals surface area contributed by atoms with E-state index in [1.54, 1.807) is 10.9 Å². The molecule has 1 N–H and O–H groups in total. The molecular weight excluding hydrogens is 286 g/mol. The molecule has 0 radical (unpaired) electrons. The summed E-state index contributed by atoms with van der Waals surface area (Å²) in [5.74, 6) is -0.0713. The second-order valence-electron chi connectivity index (χ2n) is 4.46. The van der Waals surface area contributed by atoms with Gasteiger partial charge in [-0.25, -0.2) is 0 Å². The predicted octanol–water partition coefficient (Wildman–Crippen LogP) is 1.71. The number of nitrogens with zero attached hydrogens (tertiary/aromatic N) is 4. The summed E-state index contributed by atoms with van der Waals surface area (Å²) >= 11 is 1.36. The van der Waals surface area contributed by atoms with Crippen LogP contribution in [0.1, 0.15) is 16.5 Å². The number of aryl methyl sites for hydroxylation is 1. The Morgan fingerprint density at radius 2 is 2.14 bits per heavy atom. The second-order valence-corrected chi connectivity index (χ2v) is 5.56. The van der Waals surface area contributed by atoms with E-state index in [0.29, 0.717) is 5.17 Å². The van der Waals surface area contributed by atoms with Gasteiger partial charge >= 0.3 is 0 Å². The number of aromatic nitrogens is 2. The fourth-order valence-electron chi connectivity index (χ4n) is 1.90. The molecule has 0 spiro atoms. The maximum absolute atomic E-state index is 11.9. The average Bonchev–Trinajstić information content (AvgIpc) is 3.06. The number of amides is 1. The monoisotopic (exact) mass is 299 g/mol. The Hall–Kier alpha value is -2.41. The molecule has 106 valence electrons. The van der Waals surface area contributed by atoms with Gasteiger partial charge in [0.15, 0.2) is 5.17 Å². The molecule has 2 aromatic rings. The van der Waals surface area contributed by atoms with E-state index in [1.165, 1.54) is 11.8 Å². The number of benzene rings is 1. The van der Waals surface area contributed by atoms with E-state index in [-0.39, 0.29) is 11.2 Å². The van der Waals surface area contributed by atoms with Crippen molar-refractivity contribution in [3.63, 3.8) is 0 Å². The van der Waals surface area contributed by atoms with Crippen LogP contribution in [0, 0.1) is 0 Å². The van der Waals surface area contributed by atoms with Crippen LogP contribution in [-0.2, 0) is 11.8 Å². The van der Waals surface area contributed by atoms with Crippen molar-refractivity contribution in [1.29, 1.82) is 0 Å². The van der Waals surface area contributed by atoms with Crippen molar-refractivity contribution in [3.05, 3.63) is 53.9 Å². The summed E-state index contributed by atoms with van der Waals surface area (Å²) in [6, 6.07) is 11.4. The van der Waals surface area contributed by atoms with Crippen molar-refractivity contribution in [2.45, 2.75) is 5.25 Å². The van der Waals surface area contributed by atoms with Gasteiger partial charge in [-0.15, -0.1) is 5.10 Å². The molecule has 1 aliphatic rings. The molecule has 1 amide bonds. The smallest absolute Gasteiger partial charge is 0.244 e. The Balaban J connectivity index is 1.69. The lowest BCUT2D eigenvalue weighted by Crippen LogP contribution is -2.21. The van der Waals surface area contributed by atoms with Crippen LogP contribution in [0.2, 0.25) is 0 Å². The van der Waals surface area contributed by atoms with Crippen LogP contribution in [0.15, 0.2) is 52.8 Å². The largest absolute Gasteiger partial charge is 0.302 e. The van der Waals surface area contributed by atoms with Crippen molar-refractivity contribution in [1.82, 2.24) is 15.1 Å². The summed E-state index contributed by atoms with van der Waals surface area (Å²) in [5, 5.41) is 15.1. The minimum atomic E-state index is -0.269. The van der Waals surface area contributed by atoms with E-state index in [4.69, 9.17) is 0 Å². The molecule has 2 heterocycles. The lowest BCUT2D eigenvalue weighted by atomic mass is 10.1. The van der Waals surface area contributed by atoms with Gasteiger partial charge in [0.1, 0.15) is 10.9 Å². The number of amidine groups is 1. The molecule has 6 nitrogen and oxygen atoms in total. The molecule has 1 aromatic carbocycles. The molecular formula is C14H13N5OS. The zero-order valence-electron chi connectivity index (χ0n) is 11.3. The van der Waals surface area contributed by atoms with E-state index in [1.807, 2.05) is 49.6 Å². The highest BCUT2D eigenvalue weighted by molar-refractivity contribution is 8.15. The number of hydrogen-bond acceptors (Lipinski definition) is 5. The van der Waals surface area contributed by atoms with Crippen LogP contribution in [0.4, 0.5) is 0 Å². The van der Waals surface area contributed by atoms with Crippen LogP contribution in [0.25, 0.3) is 0 Å². The molecule has 1 aromatic heterocycles. The summed E-state index contributed by atoms with van der Waals surface area (Å²) < 4.78 is 1.69. The number of thioether (sulfide) groups is 1. The SMILES string of the molecule is Cn1ccc(C=N/N=C2\NC(=O)C(c3ccccc3)S2)n1. The topological polar surface area (TPSA) is 71.6 Å². The lowest BCUT2D eigenvalue weighted by Gasteiger charge is -2.03. The molecule has 1 unspecified atom stereocenters. The maximum Gasteiger partial charge on any atom is 0.244 e. The third-order valence-electron chi connectivity index (χ3n) is 2.87. The first-order valence-corrected chi connectivity index (χ1v) is 7.23. The third kappa shape index (κ3) is 3.19. The Morgan fingerprint density at radius 3 is 2.86 bits per heavy atom.